The summed E-state index contributed by atoms with van der Waals surface area (Å²) < 4.78 is 9.75. The molecule has 0 spiro atoms. The average Bonchev–Trinajstić information content (AvgIpc) is 2.78. The molecule has 5 nitrogen and oxygen atoms in total. The Labute approximate surface area is 102 Å². The van der Waals surface area contributed by atoms with Gasteiger partial charge in [-0.1, -0.05) is 32.6 Å². The highest BCUT2D eigenvalue weighted by atomic mass is 16.5. The van der Waals surface area contributed by atoms with Gasteiger partial charge < -0.3 is 9.26 Å². The molecule has 0 N–H and O–H groups in total. The van der Waals surface area contributed by atoms with Gasteiger partial charge in [-0.25, -0.2) is 4.79 Å². The van der Waals surface area contributed by atoms with E-state index in [0.29, 0.717) is 12.5 Å². The van der Waals surface area contributed by atoms with Gasteiger partial charge in [0.15, 0.2) is 0 Å². The van der Waals surface area contributed by atoms with Crippen LogP contribution in [-0.4, -0.2) is 22.7 Å². The van der Waals surface area contributed by atoms with Gasteiger partial charge in [-0.3, -0.25) is 0 Å². The standard InChI is InChI=1S/C12H20N2O3/c1-3-5-6-7-8-9-10-13-11(14-17-10)12(15)16-4-2/h3-9H2,1-2H3. The molecular weight excluding hydrogens is 220 g/mol. The monoisotopic (exact) mass is 240 g/mol. The van der Waals surface area contributed by atoms with Crippen LogP contribution in [0.15, 0.2) is 4.52 Å². The smallest absolute Gasteiger partial charge is 0.379 e. The summed E-state index contributed by atoms with van der Waals surface area (Å²) in [5, 5.41) is 3.59. The van der Waals surface area contributed by atoms with Crippen LogP contribution in [0.5, 0.6) is 0 Å². The van der Waals surface area contributed by atoms with E-state index >= 15 is 0 Å². The van der Waals surface area contributed by atoms with Crippen LogP contribution in [0.1, 0.15) is 62.5 Å². The van der Waals surface area contributed by atoms with Crippen LogP contribution in [0.25, 0.3) is 0 Å². The van der Waals surface area contributed by atoms with Gasteiger partial charge in [0, 0.05) is 6.42 Å². The summed E-state index contributed by atoms with van der Waals surface area (Å²) in [6.07, 6.45) is 6.63. The quantitative estimate of drug-likeness (QED) is 0.516. The van der Waals surface area contributed by atoms with E-state index < -0.39 is 5.97 Å². The molecule has 1 heterocycles. The molecule has 1 rings (SSSR count). The fourth-order valence-corrected chi connectivity index (χ4v) is 1.51. The van der Waals surface area contributed by atoms with Crippen molar-refractivity contribution in [3.63, 3.8) is 0 Å². The van der Waals surface area contributed by atoms with Gasteiger partial charge in [0.2, 0.25) is 5.89 Å². The highest BCUT2D eigenvalue weighted by molar-refractivity contribution is 5.84. The summed E-state index contributed by atoms with van der Waals surface area (Å²) in [4.78, 5) is 15.3. The predicted molar refractivity (Wildman–Crippen MR) is 62.7 cm³/mol. The van der Waals surface area contributed by atoms with Gasteiger partial charge in [0.25, 0.3) is 5.82 Å². The van der Waals surface area contributed by atoms with E-state index in [1.165, 1.54) is 19.3 Å². The Hall–Kier alpha value is -1.39. The lowest BCUT2D eigenvalue weighted by Gasteiger charge is -1.96. The number of rotatable bonds is 8. The Morgan fingerprint density at radius 1 is 1.24 bits per heavy atom. The van der Waals surface area contributed by atoms with Crippen LogP contribution in [0.3, 0.4) is 0 Å². The molecule has 1 aromatic heterocycles. The predicted octanol–water partition coefficient (Wildman–Crippen LogP) is 2.76. The molecule has 96 valence electrons. The molecule has 0 aliphatic heterocycles. The van der Waals surface area contributed by atoms with Gasteiger partial charge in [-0.15, -0.1) is 0 Å². The maximum Gasteiger partial charge on any atom is 0.379 e. The van der Waals surface area contributed by atoms with Crippen molar-refractivity contribution >= 4 is 5.97 Å². The molecule has 0 bridgehead atoms. The topological polar surface area (TPSA) is 65.2 Å². The zero-order valence-electron chi connectivity index (χ0n) is 10.6. The number of carbonyl (C=O) groups is 1. The van der Waals surface area contributed by atoms with Gasteiger partial charge in [-0.2, -0.15) is 4.98 Å². The summed E-state index contributed by atoms with van der Waals surface area (Å²) >= 11 is 0. The maximum absolute atomic E-state index is 11.3. The van der Waals surface area contributed by atoms with E-state index in [1.54, 1.807) is 6.92 Å². The van der Waals surface area contributed by atoms with Crippen molar-refractivity contribution in [3.8, 4) is 0 Å². The number of unbranched alkanes of at least 4 members (excludes halogenated alkanes) is 4. The number of esters is 1. The maximum atomic E-state index is 11.3. The molecule has 0 fully saturated rings. The minimum Gasteiger partial charge on any atom is -0.460 e. The third-order valence-corrected chi connectivity index (χ3v) is 2.42. The molecule has 0 radical (unpaired) electrons. The fraction of sp³-hybridized carbons (Fsp3) is 0.750. The highest BCUT2D eigenvalue weighted by Crippen LogP contribution is 2.08. The van der Waals surface area contributed by atoms with Crippen molar-refractivity contribution in [2.24, 2.45) is 0 Å². The molecule has 5 heteroatoms. The first kappa shape index (κ1) is 13.7. The lowest BCUT2D eigenvalue weighted by Crippen LogP contribution is -2.06. The van der Waals surface area contributed by atoms with Crippen LogP contribution in [0.4, 0.5) is 0 Å². The summed E-state index contributed by atoms with van der Waals surface area (Å²) in [7, 11) is 0. The van der Waals surface area contributed by atoms with Crippen LogP contribution in [0, 0.1) is 0 Å². The first-order valence-corrected chi connectivity index (χ1v) is 6.27. The number of nitrogens with zero attached hydrogens (tertiary/aromatic N) is 2. The van der Waals surface area contributed by atoms with E-state index in [2.05, 4.69) is 17.1 Å². The molecule has 0 aliphatic rings. The molecular formula is C12H20N2O3. The summed E-state index contributed by atoms with van der Waals surface area (Å²) in [6, 6.07) is 0. The second kappa shape index (κ2) is 7.81. The average molecular weight is 240 g/mol. The van der Waals surface area contributed by atoms with Gasteiger partial charge >= 0.3 is 5.97 Å². The Balaban J connectivity index is 2.28. The second-order valence-corrected chi connectivity index (χ2v) is 3.90. The number of hydrogen-bond donors (Lipinski definition) is 0. The Morgan fingerprint density at radius 2 is 2.00 bits per heavy atom. The third-order valence-electron chi connectivity index (χ3n) is 2.42. The lowest BCUT2D eigenvalue weighted by molar-refractivity contribution is 0.0508. The Bertz CT molecular complexity index is 336. The Morgan fingerprint density at radius 3 is 2.71 bits per heavy atom. The molecule has 0 saturated heterocycles. The summed E-state index contributed by atoms with van der Waals surface area (Å²) in [5.74, 6) is 0.0217. The van der Waals surface area contributed by atoms with Crippen molar-refractivity contribution in [3.05, 3.63) is 11.7 Å². The van der Waals surface area contributed by atoms with Gasteiger partial charge in [-0.05, 0) is 18.5 Å². The van der Waals surface area contributed by atoms with Crippen molar-refractivity contribution in [2.45, 2.75) is 52.4 Å². The van der Waals surface area contributed by atoms with Crippen molar-refractivity contribution in [1.82, 2.24) is 10.1 Å². The van der Waals surface area contributed by atoms with Gasteiger partial charge in [0.1, 0.15) is 0 Å². The van der Waals surface area contributed by atoms with Crippen LogP contribution in [0.2, 0.25) is 0 Å². The fourth-order valence-electron chi connectivity index (χ4n) is 1.51. The van der Waals surface area contributed by atoms with E-state index in [-0.39, 0.29) is 5.82 Å². The first-order chi connectivity index (χ1) is 8.27. The second-order valence-electron chi connectivity index (χ2n) is 3.90. The minimum atomic E-state index is -0.520. The van der Waals surface area contributed by atoms with E-state index in [4.69, 9.17) is 9.26 Å². The Kier molecular flexibility index (Phi) is 6.29. The molecule has 0 saturated carbocycles. The zero-order chi connectivity index (χ0) is 12.5. The van der Waals surface area contributed by atoms with Crippen molar-refractivity contribution in [2.75, 3.05) is 6.61 Å². The summed E-state index contributed by atoms with van der Waals surface area (Å²) in [6.45, 7) is 4.25. The molecule has 0 amide bonds. The van der Waals surface area contributed by atoms with Crippen LogP contribution in [-0.2, 0) is 11.2 Å². The lowest BCUT2D eigenvalue weighted by atomic mass is 10.1. The number of hydrogen-bond acceptors (Lipinski definition) is 5. The third kappa shape index (κ3) is 4.97. The highest BCUT2D eigenvalue weighted by Gasteiger charge is 2.14. The van der Waals surface area contributed by atoms with E-state index in [0.717, 1.165) is 19.3 Å². The van der Waals surface area contributed by atoms with E-state index in [9.17, 15) is 4.79 Å². The molecule has 0 unspecified atom stereocenters. The van der Waals surface area contributed by atoms with E-state index in [1.807, 2.05) is 0 Å². The molecule has 17 heavy (non-hydrogen) atoms. The van der Waals surface area contributed by atoms with Crippen LogP contribution < -0.4 is 0 Å². The number of ether oxygens (including phenoxy) is 1. The first-order valence-electron chi connectivity index (χ1n) is 6.27. The largest absolute Gasteiger partial charge is 0.460 e. The summed E-state index contributed by atoms with van der Waals surface area (Å²) in [5.41, 5.74) is 0. The minimum absolute atomic E-state index is 0.0235. The normalized spacial score (nSPS) is 10.5. The number of aromatic nitrogens is 2. The van der Waals surface area contributed by atoms with Crippen molar-refractivity contribution in [1.29, 1.82) is 0 Å². The zero-order valence-corrected chi connectivity index (χ0v) is 10.6. The number of aryl methyl sites for hydroxylation is 1. The molecule has 1 aromatic rings. The van der Waals surface area contributed by atoms with Crippen LogP contribution >= 0.6 is 0 Å². The van der Waals surface area contributed by atoms with Gasteiger partial charge in [0.05, 0.1) is 6.61 Å². The number of carbonyl (C=O) groups excluding carboxylic acids is 1. The molecule has 0 aliphatic carbocycles. The van der Waals surface area contributed by atoms with Crippen molar-refractivity contribution < 1.29 is 14.1 Å². The molecule has 0 atom stereocenters. The SMILES string of the molecule is CCCCCCCc1nc(C(=O)OCC)no1. The molecule has 0 aromatic carbocycles.